The van der Waals surface area contributed by atoms with Crippen LogP contribution in [0.15, 0.2) is 24.3 Å². The predicted octanol–water partition coefficient (Wildman–Crippen LogP) is 1.90. The highest BCUT2D eigenvalue weighted by Gasteiger charge is 2.35. The van der Waals surface area contributed by atoms with Crippen molar-refractivity contribution in [2.75, 3.05) is 38.3 Å². The lowest BCUT2D eigenvalue weighted by molar-refractivity contribution is 0.0648. The highest BCUT2D eigenvalue weighted by Crippen LogP contribution is 2.24. The fourth-order valence-electron chi connectivity index (χ4n) is 3.60. The third-order valence-electron chi connectivity index (χ3n) is 5.02. The topological polar surface area (TPSA) is 53.0 Å². The molecule has 0 radical (unpaired) electrons. The zero-order valence-electron chi connectivity index (χ0n) is 13.8. The van der Waals surface area contributed by atoms with Crippen molar-refractivity contribution in [1.29, 1.82) is 0 Å². The number of aliphatic hydroxyl groups is 1. The molecule has 2 atom stereocenters. The minimum absolute atomic E-state index is 0.0164. The van der Waals surface area contributed by atoms with Gasteiger partial charge in [-0.1, -0.05) is 0 Å². The lowest BCUT2D eigenvalue weighted by Gasteiger charge is -2.29. The molecule has 2 fully saturated rings. The first-order chi connectivity index (χ1) is 11.2. The minimum atomic E-state index is -0.144. The van der Waals surface area contributed by atoms with Gasteiger partial charge in [-0.05, 0) is 49.9 Å². The highest BCUT2D eigenvalue weighted by molar-refractivity contribution is 5.95. The van der Waals surface area contributed by atoms with Gasteiger partial charge in [-0.3, -0.25) is 4.79 Å². The molecule has 1 amide bonds. The Hall–Kier alpha value is -1.59. The summed E-state index contributed by atoms with van der Waals surface area (Å²) >= 11 is 0. The van der Waals surface area contributed by atoms with Crippen LogP contribution in [0.1, 0.15) is 36.0 Å². The maximum absolute atomic E-state index is 12.7. The van der Waals surface area contributed by atoms with Gasteiger partial charge in [-0.25, -0.2) is 0 Å². The van der Waals surface area contributed by atoms with E-state index in [1.165, 1.54) is 24.9 Å². The summed E-state index contributed by atoms with van der Waals surface area (Å²) in [5.74, 6) is -0.0196. The van der Waals surface area contributed by atoms with Gasteiger partial charge in [-0.15, -0.1) is 0 Å². The summed E-state index contributed by atoms with van der Waals surface area (Å²) in [4.78, 5) is 16.8. The number of carbonyl (C=O) groups is 1. The minimum Gasteiger partial charge on any atom is -0.394 e. The molecule has 0 saturated carbocycles. The molecule has 23 heavy (non-hydrogen) atoms. The second kappa shape index (κ2) is 7.32. The van der Waals surface area contributed by atoms with Gasteiger partial charge in [0.2, 0.25) is 0 Å². The molecule has 0 unspecified atom stereocenters. The largest absolute Gasteiger partial charge is 0.394 e. The molecule has 2 saturated heterocycles. The number of anilines is 1. The summed E-state index contributed by atoms with van der Waals surface area (Å²) in [5.41, 5.74) is 1.87. The normalized spacial score (nSPS) is 25.0. The molecule has 0 aromatic heterocycles. The summed E-state index contributed by atoms with van der Waals surface area (Å²) in [6.45, 7) is 2.73. The van der Waals surface area contributed by atoms with E-state index in [1.807, 2.05) is 24.3 Å². The van der Waals surface area contributed by atoms with Crippen LogP contribution >= 0.6 is 0 Å². The summed E-state index contributed by atoms with van der Waals surface area (Å²) < 4.78 is 5.35. The van der Waals surface area contributed by atoms with E-state index in [2.05, 4.69) is 4.90 Å². The second-order valence-electron chi connectivity index (χ2n) is 6.48. The molecule has 1 aromatic rings. The van der Waals surface area contributed by atoms with E-state index in [1.54, 1.807) is 12.0 Å². The Bertz CT molecular complexity index is 526. The van der Waals surface area contributed by atoms with Gasteiger partial charge in [-0.2, -0.15) is 0 Å². The summed E-state index contributed by atoms with van der Waals surface area (Å²) in [6.07, 6.45) is 4.51. The molecule has 2 heterocycles. The molecule has 2 aliphatic heterocycles. The third-order valence-corrected chi connectivity index (χ3v) is 5.02. The van der Waals surface area contributed by atoms with Crippen LogP contribution in [0.2, 0.25) is 0 Å². The number of piperidine rings is 1. The number of methoxy groups -OCH3 is 1. The van der Waals surface area contributed by atoms with Crippen LogP contribution < -0.4 is 4.90 Å². The zero-order valence-corrected chi connectivity index (χ0v) is 13.8. The fraction of sp³-hybridized carbons (Fsp3) is 0.611. The molecule has 0 bridgehead atoms. The number of hydrogen-bond donors (Lipinski definition) is 1. The van der Waals surface area contributed by atoms with Crippen LogP contribution in [-0.2, 0) is 4.74 Å². The van der Waals surface area contributed by atoms with E-state index in [4.69, 9.17) is 4.74 Å². The highest BCUT2D eigenvalue weighted by atomic mass is 16.5. The van der Waals surface area contributed by atoms with Crippen molar-refractivity contribution in [1.82, 2.24) is 4.90 Å². The molecule has 1 aromatic carbocycles. The van der Waals surface area contributed by atoms with Gasteiger partial charge in [0, 0.05) is 38.0 Å². The van der Waals surface area contributed by atoms with Gasteiger partial charge in [0.1, 0.15) is 0 Å². The van der Waals surface area contributed by atoms with Crippen LogP contribution in [0, 0.1) is 0 Å². The number of ether oxygens (including phenoxy) is 1. The van der Waals surface area contributed by atoms with E-state index >= 15 is 0 Å². The van der Waals surface area contributed by atoms with Gasteiger partial charge in [0.15, 0.2) is 0 Å². The van der Waals surface area contributed by atoms with E-state index < -0.39 is 0 Å². The monoisotopic (exact) mass is 318 g/mol. The summed E-state index contributed by atoms with van der Waals surface area (Å²) in [7, 11) is 1.65. The van der Waals surface area contributed by atoms with Gasteiger partial charge in [0.05, 0.1) is 18.8 Å². The van der Waals surface area contributed by atoms with Gasteiger partial charge < -0.3 is 19.6 Å². The number of amides is 1. The molecule has 3 rings (SSSR count). The summed E-state index contributed by atoms with van der Waals surface area (Å²) in [5, 5.41) is 9.50. The second-order valence-corrected chi connectivity index (χ2v) is 6.48. The smallest absolute Gasteiger partial charge is 0.254 e. The predicted molar refractivity (Wildman–Crippen MR) is 89.8 cm³/mol. The van der Waals surface area contributed by atoms with Crippen LogP contribution in [-0.4, -0.2) is 61.4 Å². The van der Waals surface area contributed by atoms with Crippen molar-refractivity contribution in [2.24, 2.45) is 0 Å². The van der Waals surface area contributed by atoms with Gasteiger partial charge in [0.25, 0.3) is 5.91 Å². The number of aliphatic hydroxyl groups excluding tert-OH is 1. The summed E-state index contributed by atoms with van der Waals surface area (Å²) in [6, 6.07) is 7.74. The molecule has 1 N–H and O–H groups in total. The first kappa shape index (κ1) is 16.3. The molecule has 0 spiro atoms. The Kier molecular flexibility index (Phi) is 5.18. The van der Waals surface area contributed by atoms with Crippen LogP contribution in [0.3, 0.4) is 0 Å². The molecule has 0 aliphatic carbocycles. The van der Waals surface area contributed by atoms with E-state index in [9.17, 15) is 9.90 Å². The number of hydrogen-bond acceptors (Lipinski definition) is 4. The van der Waals surface area contributed by atoms with Crippen molar-refractivity contribution in [3.63, 3.8) is 0 Å². The maximum Gasteiger partial charge on any atom is 0.254 e. The molecule has 5 nitrogen and oxygen atoms in total. The first-order valence-corrected chi connectivity index (χ1v) is 8.52. The zero-order chi connectivity index (χ0) is 16.2. The molecular formula is C18H26N2O3. The van der Waals surface area contributed by atoms with Crippen LogP contribution in [0.25, 0.3) is 0 Å². The maximum atomic E-state index is 12.7. The standard InChI is InChI=1S/C18H26N2O3/c1-23-17-11-16(13-21)20(12-17)18(22)14-5-7-15(8-6-14)19-9-3-2-4-10-19/h5-8,16-17,21H,2-4,9-13H2,1H3/t16-,17-/m0/s1. The average molecular weight is 318 g/mol. The molecule has 5 heteroatoms. The lowest BCUT2D eigenvalue weighted by atomic mass is 10.1. The molecule has 2 aliphatic rings. The number of carbonyl (C=O) groups excluding carboxylic acids is 1. The average Bonchev–Trinajstić information content (AvgIpc) is 3.05. The Morgan fingerprint density at radius 3 is 2.52 bits per heavy atom. The first-order valence-electron chi connectivity index (χ1n) is 8.52. The SMILES string of the molecule is CO[C@H]1C[C@@H](CO)N(C(=O)c2ccc(N3CCCCC3)cc2)C1. The third kappa shape index (κ3) is 3.51. The number of benzene rings is 1. The quantitative estimate of drug-likeness (QED) is 0.921. The van der Waals surface area contributed by atoms with E-state index in [0.29, 0.717) is 18.5 Å². The van der Waals surface area contributed by atoms with Crippen molar-refractivity contribution in [3.8, 4) is 0 Å². The Labute approximate surface area is 137 Å². The van der Waals surface area contributed by atoms with Crippen molar-refractivity contribution >= 4 is 11.6 Å². The van der Waals surface area contributed by atoms with Gasteiger partial charge >= 0.3 is 0 Å². The van der Waals surface area contributed by atoms with Crippen molar-refractivity contribution in [3.05, 3.63) is 29.8 Å². The van der Waals surface area contributed by atoms with E-state index in [-0.39, 0.29) is 24.7 Å². The number of rotatable bonds is 4. The number of likely N-dealkylation sites (tertiary alicyclic amines) is 1. The Balaban J connectivity index is 1.69. The molecule has 126 valence electrons. The Morgan fingerprint density at radius 1 is 1.22 bits per heavy atom. The number of nitrogens with zero attached hydrogens (tertiary/aromatic N) is 2. The van der Waals surface area contributed by atoms with Crippen LogP contribution in [0.5, 0.6) is 0 Å². The van der Waals surface area contributed by atoms with Crippen LogP contribution in [0.4, 0.5) is 5.69 Å². The van der Waals surface area contributed by atoms with Crippen molar-refractivity contribution in [2.45, 2.75) is 37.8 Å². The van der Waals surface area contributed by atoms with E-state index in [0.717, 1.165) is 13.1 Å². The van der Waals surface area contributed by atoms with Crippen molar-refractivity contribution < 1.29 is 14.6 Å². The fourth-order valence-corrected chi connectivity index (χ4v) is 3.60. The lowest BCUT2D eigenvalue weighted by Crippen LogP contribution is -2.38. The Morgan fingerprint density at radius 2 is 1.91 bits per heavy atom. The molecular weight excluding hydrogens is 292 g/mol.